The summed E-state index contributed by atoms with van der Waals surface area (Å²) in [5, 5.41) is 0. The topological polar surface area (TPSA) is 17.1 Å². The standard InChI is InChI=1S/CHClO.Co/c2-1-3;/h1H;. The molecule has 0 aliphatic carbocycles. The van der Waals surface area contributed by atoms with Gasteiger partial charge in [0.25, 0.3) is 0 Å². The zero-order chi connectivity index (χ0) is 2.71. The molecule has 0 aliphatic rings. The van der Waals surface area contributed by atoms with Crippen molar-refractivity contribution in [2.75, 3.05) is 0 Å². The van der Waals surface area contributed by atoms with Crippen LogP contribution in [0.2, 0.25) is 0 Å². The fourth-order valence-electron chi connectivity index (χ4n) is 0. The maximum atomic E-state index is 8.57. The second kappa shape index (κ2) is 9.81. The van der Waals surface area contributed by atoms with E-state index in [1.165, 1.54) is 0 Å². The van der Waals surface area contributed by atoms with Gasteiger partial charge in [-0.05, 0) is 11.6 Å². The first-order valence-corrected chi connectivity index (χ1v) is 0.890. The molecule has 27 valence electrons. The van der Waals surface area contributed by atoms with Crippen LogP contribution in [-0.2, 0) is 21.6 Å². The third kappa shape index (κ3) is 24.4. The first-order chi connectivity index (χ1) is 1.41. The van der Waals surface area contributed by atoms with E-state index in [-0.39, 0.29) is 22.5 Å². The van der Waals surface area contributed by atoms with Gasteiger partial charge in [-0.25, -0.2) is 0 Å². The summed E-state index contributed by atoms with van der Waals surface area (Å²) in [5.41, 5.74) is 0. The number of hydrogen-bond donors (Lipinski definition) is 0. The Balaban J connectivity index is 0. The van der Waals surface area contributed by atoms with Gasteiger partial charge in [0.15, 0.2) is 0 Å². The van der Waals surface area contributed by atoms with Crippen molar-refractivity contribution in [3.8, 4) is 0 Å². The van der Waals surface area contributed by atoms with Crippen molar-refractivity contribution in [3.63, 3.8) is 0 Å². The Morgan fingerprint density at radius 2 is 1.75 bits per heavy atom. The smallest absolute Gasteiger partial charge is 0.208 e. The summed E-state index contributed by atoms with van der Waals surface area (Å²) in [6.45, 7) is 0. The molecule has 0 saturated carbocycles. The molecule has 0 N–H and O–H groups in total. The van der Waals surface area contributed by atoms with Gasteiger partial charge < -0.3 is 0 Å². The van der Waals surface area contributed by atoms with Gasteiger partial charge in [-0.2, -0.15) is 0 Å². The second-order valence-corrected chi connectivity index (χ2v) is 0.267. The van der Waals surface area contributed by atoms with Crippen molar-refractivity contribution in [1.82, 2.24) is 0 Å². The van der Waals surface area contributed by atoms with E-state index in [0.717, 1.165) is 0 Å². The summed E-state index contributed by atoms with van der Waals surface area (Å²) in [6, 6.07) is 0. The molecule has 0 fully saturated rings. The number of halogens is 1. The van der Waals surface area contributed by atoms with Crippen molar-refractivity contribution in [1.29, 1.82) is 0 Å². The second-order valence-electron chi connectivity index (χ2n) is 0.0891. The van der Waals surface area contributed by atoms with Gasteiger partial charge in [0.1, 0.15) is 0 Å². The van der Waals surface area contributed by atoms with E-state index in [2.05, 4.69) is 11.6 Å². The minimum absolute atomic E-state index is 0. The van der Waals surface area contributed by atoms with Gasteiger partial charge in [-0.15, -0.1) is 0 Å². The zero-order valence-corrected chi connectivity index (χ0v) is 3.49. The average Bonchev–Trinajstić information content (AvgIpc) is 0.918. The Morgan fingerprint density at radius 3 is 1.75 bits per heavy atom. The Bertz CT molecular complexity index is 15.5. The van der Waals surface area contributed by atoms with Crippen LogP contribution in [-0.4, -0.2) is 5.75 Å². The molecule has 0 rings (SSSR count). The van der Waals surface area contributed by atoms with Gasteiger partial charge in [-0.3, -0.25) is 4.79 Å². The first-order valence-electron chi connectivity index (χ1n) is 0.454. The first kappa shape index (κ1) is 8.82. The molecule has 0 aromatic carbocycles. The predicted molar refractivity (Wildman–Crippen MR) is 12.6 cm³/mol. The molecule has 0 aromatic rings. The molecule has 0 amide bonds. The number of hydrogen-bond acceptors (Lipinski definition) is 1. The van der Waals surface area contributed by atoms with Crippen molar-refractivity contribution in [3.05, 3.63) is 0 Å². The fraction of sp³-hybridized carbons (Fsp3) is 0. The van der Waals surface area contributed by atoms with Gasteiger partial charge >= 0.3 is 0 Å². The molecular formula is CHClCoO. The number of carbonyl (C=O) groups is 1. The van der Waals surface area contributed by atoms with E-state index in [4.69, 9.17) is 4.79 Å². The summed E-state index contributed by atoms with van der Waals surface area (Å²) in [4.78, 5) is 8.57. The quantitative estimate of drug-likeness (QED) is 0.337. The number of rotatable bonds is 0. The van der Waals surface area contributed by atoms with E-state index in [0.29, 0.717) is 0 Å². The minimum atomic E-state index is 0. The molecule has 0 atom stereocenters. The van der Waals surface area contributed by atoms with Crippen LogP contribution in [0.15, 0.2) is 0 Å². The van der Waals surface area contributed by atoms with Crippen LogP contribution in [0.5, 0.6) is 0 Å². The molecule has 0 heterocycles. The van der Waals surface area contributed by atoms with Crippen LogP contribution in [0.3, 0.4) is 0 Å². The van der Waals surface area contributed by atoms with Gasteiger partial charge in [-0.1, -0.05) is 0 Å². The summed E-state index contributed by atoms with van der Waals surface area (Å²) in [6.07, 6.45) is 0. The molecule has 0 aliphatic heterocycles. The summed E-state index contributed by atoms with van der Waals surface area (Å²) >= 11 is 4.32. The van der Waals surface area contributed by atoms with Crippen molar-refractivity contribution in [2.24, 2.45) is 0 Å². The molecule has 4 heavy (non-hydrogen) atoms. The minimum Gasteiger partial charge on any atom is -0.285 e. The van der Waals surface area contributed by atoms with Crippen molar-refractivity contribution < 1.29 is 21.6 Å². The Morgan fingerprint density at radius 1 is 1.75 bits per heavy atom. The van der Waals surface area contributed by atoms with Crippen LogP contribution in [0.4, 0.5) is 0 Å². The van der Waals surface area contributed by atoms with Crippen LogP contribution in [0, 0.1) is 0 Å². The Hall–Kier alpha value is 0.466. The number of carbonyl (C=O) groups excluding carboxylic acids is 1. The Kier molecular flexibility index (Phi) is 21.6. The van der Waals surface area contributed by atoms with Gasteiger partial charge in [0, 0.05) is 16.8 Å². The molecular weight excluding hydrogens is 122 g/mol. The zero-order valence-electron chi connectivity index (χ0n) is 1.70. The molecule has 0 bridgehead atoms. The maximum Gasteiger partial charge on any atom is 0.208 e. The van der Waals surface area contributed by atoms with Crippen LogP contribution in [0.25, 0.3) is 0 Å². The third-order valence-electron chi connectivity index (χ3n) is 0. The van der Waals surface area contributed by atoms with E-state index in [1.807, 2.05) is 0 Å². The predicted octanol–water partition coefficient (Wildman–Crippen LogP) is 0.413. The molecule has 0 unspecified atom stereocenters. The molecule has 0 spiro atoms. The average molecular weight is 123 g/mol. The Labute approximate surface area is 39.5 Å². The SMILES string of the molecule is O=CCl.[Co]. The molecule has 3 heteroatoms. The summed E-state index contributed by atoms with van der Waals surface area (Å²) in [5.74, 6) is 0.222. The van der Waals surface area contributed by atoms with Crippen LogP contribution < -0.4 is 0 Å². The molecule has 0 aromatic heterocycles. The van der Waals surface area contributed by atoms with Gasteiger partial charge in [0.05, 0.1) is 0 Å². The third-order valence-corrected chi connectivity index (χ3v) is 0. The molecule has 0 saturated heterocycles. The monoisotopic (exact) mass is 123 g/mol. The summed E-state index contributed by atoms with van der Waals surface area (Å²) in [7, 11) is 0. The largest absolute Gasteiger partial charge is 0.285 e. The van der Waals surface area contributed by atoms with E-state index >= 15 is 0 Å². The van der Waals surface area contributed by atoms with Crippen molar-refractivity contribution >= 4 is 17.3 Å². The fourth-order valence-corrected chi connectivity index (χ4v) is 0. The van der Waals surface area contributed by atoms with Crippen LogP contribution in [0.1, 0.15) is 0 Å². The van der Waals surface area contributed by atoms with E-state index < -0.39 is 0 Å². The van der Waals surface area contributed by atoms with E-state index in [9.17, 15) is 0 Å². The van der Waals surface area contributed by atoms with Crippen LogP contribution >= 0.6 is 11.6 Å². The normalized spacial score (nSPS) is 3.25. The summed E-state index contributed by atoms with van der Waals surface area (Å²) < 4.78 is 0. The maximum absolute atomic E-state index is 8.57. The van der Waals surface area contributed by atoms with E-state index in [1.54, 1.807) is 0 Å². The molecule has 1 nitrogen and oxygen atoms in total. The van der Waals surface area contributed by atoms with Gasteiger partial charge in [0.2, 0.25) is 5.75 Å². The molecule has 1 radical (unpaired) electrons. The van der Waals surface area contributed by atoms with Crippen molar-refractivity contribution in [2.45, 2.75) is 0 Å².